The number of carbonyl (C=O) groups is 1. The molecule has 2 aliphatic rings. The summed E-state index contributed by atoms with van der Waals surface area (Å²) < 4.78 is 0. The summed E-state index contributed by atoms with van der Waals surface area (Å²) >= 11 is 0. The van der Waals surface area contributed by atoms with Gasteiger partial charge in [0, 0.05) is 17.4 Å². The molecule has 2 aliphatic carbocycles. The third kappa shape index (κ3) is 9.26. The zero-order valence-electron chi connectivity index (χ0n) is 27.8. The van der Waals surface area contributed by atoms with E-state index in [-0.39, 0.29) is 22.9 Å². The van der Waals surface area contributed by atoms with Crippen LogP contribution in [0.2, 0.25) is 0 Å². The Bertz CT molecular complexity index is 1270. The molecule has 4 N–H and O–H groups in total. The summed E-state index contributed by atoms with van der Waals surface area (Å²) in [6, 6.07) is 8.09. The van der Waals surface area contributed by atoms with Gasteiger partial charge < -0.3 is 20.4 Å². The normalized spacial score (nSPS) is 21.9. The monoisotopic (exact) mass is 592 g/mol. The van der Waals surface area contributed by atoms with E-state index in [9.17, 15) is 25.2 Å². The van der Waals surface area contributed by atoms with Crippen LogP contribution in [0.25, 0.3) is 11.1 Å². The third-order valence-electron chi connectivity index (χ3n) is 9.10. The second-order valence-electron chi connectivity index (χ2n) is 15.6. The van der Waals surface area contributed by atoms with E-state index >= 15 is 0 Å². The maximum atomic E-state index is 11.7. The van der Waals surface area contributed by atoms with Crippen molar-refractivity contribution < 1.29 is 25.2 Å². The molecule has 238 valence electrons. The summed E-state index contributed by atoms with van der Waals surface area (Å²) in [7, 11) is 0. The van der Waals surface area contributed by atoms with E-state index in [1.807, 2.05) is 18.2 Å². The first kappa shape index (κ1) is 35.0. The average Bonchev–Trinajstić information content (AvgIpc) is 2.92. The van der Waals surface area contributed by atoms with E-state index < -0.39 is 23.6 Å². The van der Waals surface area contributed by atoms with Crippen LogP contribution in [0.15, 0.2) is 59.7 Å². The van der Waals surface area contributed by atoms with Crippen LogP contribution in [0.4, 0.5) is 0 Å². The molecule has 0 bridgehead atoms. The molecule has 2 atom stereocenters. The topological polar surface area (TPSA) is 98.0 Å². The van der Waals surface area contributed by atoms with Gasteiger partial charge in [0.1, 0.15) is 12.2 Å². The van der Waals surface area contributed by atoms with Crippen molar-refractivity contribution in [3.05, 3.63) is 70.8 Å². The lowest BCUT2D eigenvalue weighted by atomic mass is 9.73. The highest BCUT2D eigenvalue weighted by molar-refractivity contribution is 5.86. The molecule has 5 nitrogen and oxygen atoms in total. The van der Waals surface area contributed by atoms with Gasteiger partial charge >= 0.3 is 5.97 Å². The fourth-order valence-electron chi connectivity index (χ4n) is 6.42. The number of rotatable bonds is 14. The first-order valence-corrected chi connectivity index (χ1v) is 16.1. The molecule has 43 heavy (non-hydrogen) atoms. The number of allylic oxidation sites excluding steroid dienone is 4. The molecule has 0 fully saturated rings. The first-order valence-electron chi connectivity index (χ1n) is 16.1. The highest BCUT2D eigenvalue weighted by atomic mass is 16.4. The van der Waals surface area contributed by atoms with Gasteiger partial charge in [-0.05, 0) is 91.2 Å². The number of carboxylic acid groups (broad SMARTS) is 1. The molecule has 2 unspecified atom stereocenters. The Morgan fingerprint density at radius 1 is 0.721 bits per heavy atom. The molecule has 3 rings (SSSR count). The van der Waals surface area contributed by atoms with E-state index in [1.54, 1.807) is 13.8 Å². The lowest BCUT2D eigenvalue weighted by molar-refractivity contribution is -0.147. The van der Waals surface area contributed by atoms with Crippen molar-refractivity contribution in [3.63, 3.8) is 0 Å². The summed E-state index contributed by atoms with van der Waals surface area (Å²) in [6.45, 7) is 16.5. The molecule has 0 saturated heterocycles. The molecule has 0 radical (unpaired) electrons. The molecule has 1 aromatic carbocycles. The maximum Gasteiger partial charge on any atom is 0.309 e. The molecule has 1 aromatic rings. The molecule has 0 heterocycles. The molecule has 0 aromatic heterocycles. The van der Waals surface area contributed by atoms with Gasteiger partial charge in [0.2, 0.25) is 0 Å². The molecule has 0 spiro atoms. The number of unbranched alkanes of at least 4 members (excludes halogenated alkanes) is 2. The number of hydrogen-bond acceptors (Lipinski definition) is 4. The third-order valence-corrected chi connectivity index (χ3v) is 9.10. The molecular weight excluding hydrogens is 536 g/mol. The van der Waals surface area contributed by atoms with Gasteiger partial charge in [-0.15, -0.1) is 0 Å². The molecule has 0 aliphatic heterocycles. The van der Waals surface area contributed by atoms with Gasteiger partial charge in [0.05, 0.1) is 5.41 Å². The number of aliphatic hydroxyl groups is 3. The Kier molecular flexibility index (Phi) is 11.1. The minimum absolute atomic E-state index is 0.0898. The van der Waals surface area contributed by atoms with Crippen molar-refractivity contribution >= 4 is 17.1 Å². The Labute approximate surface area is 260 Å². The Morgan fingerprint density at radius 2 is 1.14 bits per heavy atom. The van der Waals surface area contributed by atoms with E-state index in [2.05, 4.69) is 71.9 Å². The lowest BCUT2D eigenvalue weighted by Crippen LogP contribution is -2.26. The van der Waals surface area contributed by atoms with E-state index in [1.165, 1.54) is 0 Å². The SMILES string of the molecule is CC1(C)C=C(CCCCC(C)(C)CO)C(O)C(c2ccccc2C2=CC(C)(C)C=C(CCCCC(C)(C)C(=O)O)C2O)=C1. The quantitative estimate of drug-likeness (QED) is 0.129. The van der Waals surface area contributed by atoms with Gasteiger partial charge in [-0.1, -0.05) is 103 Å². The van der Waals surface area contributed by atoms with Gasteiger partial charge in [-0.2, -0.15) is 0 Å². The predicted molar refractivity (Wildman–Crippen MR) is 177 cm³/mol. The Morgan fingerprint density at radius 3 is 1.53 bits per heavy atom. The largest absolute Gasteiger partial charge is 0.481 e. The predicted octanol–water partition coefficient (Wildman–Crippen LogP) is 8.36. The summed E-state index contributed by atoms with van der Waals surface area (Å²) in [5, 5.41) is 42.5. The zero-order valence-corrected chi connectivity index (χ0v) is 27.8. The summed E-state index contributed by atoms with van der Waals surface area (Å²) in [6.07, 6.45) is 13.8. The standard InChI is InChI=1S/C38H56O5/c1-35(2,25-39)19-13-11-15-26-21-36(3,4)23-30(32(26)40)28-17-9-10-18-29(28)31-24-37(5,6)22-27(33(31)41)16-12-14-20-38(7,8)34(42)43/h9-10,17-18,21-24,32-33,39-41H,11-16,19-20,25H2,1-8H3,(H,42,43). The van der Waals surface area contributed by atoms with Crippen molar-refractivity contribution in [1.29, 1.82) is 0 Å². The van der Waals surface area contributed by atoms with Crippen LogP contribution < -0.4 is 0 Å². The Hall–Kier alpha value is -2.47. The van der Waals surface area contributed by atoms with Crippen LogP contribution in [0, 0.1) is 21.7 Å². The Balaban J connectivity index is 1.84. The summed E-state index contributed by atoms with van der Waals surface area (Å²) in [4.78, 5) is 11.5. The average molecular weight is 593 g/mol. The van der Waals surface area contributed by atoms with Crippen LogP contribution >= 0.6 is 0 Å². The van der Waals surface area contributed by atoms with Crippen LogP contribution in [0.5, 0.6) is 0 Å². The number of aliphatic carboxylic acids is 1. The number of benzene rings is 1. The number of aliphatic hydroxyl groups excluding tert-OH is 3. The molecule has 0 saturated carbocycles. The van der Waals surface area contributed by atoms with Crippen LogP contribution in [0.1, 0.15) is 118 Å². The van der Waals surface area contributed by atoms with Gasteiger partial charge in [0.25, 0.3) is 0 Å². The highest BCUT2D eigenvalue weighted by Gasteiger charge is 2.33. The van der Waals surface area contributed by atoms with E-state index in [0.717, 1.165) is 71.9 Å². The molecular formula is C38H56O5. The fourth-order valence-corrected chi connectivity index (χ4v) is 6.42. The van der Waals surface area contributed by atoms with Crippen molar-refractivity contribution in [1.82, 2.24) is 0 Å². The zero-order chi connectivity index (χ0) is 32.2. The van der Waals surface area contributed by atoms with Crippen molar-refractivity contribution in [2.45, 2.75) is 119 Å². The number of carboxylic acids is 1. The summed E-state index contributed by atoms with van der Waals surface area (Å²) in [5.41, 5.74) is 4.29. The van der Waals surface area contributed by atoms with E-state index in [0.29, 0.717) is 12.8 Å². The van der Waals surface area contributed by atoms with Crippen molar-refractivity contribution in [3.8, 4) is 0 Å². The fraction of sp³-hybridized carbons (Fsp3) is 0.605. The highest BCUT2D eigenvalue weighted by Crippen LogP contribution is 2.44. The van der Waals surface area contributed by atoms with Crippen molar-refractivity contribution in [2.75, 3.05) is 6.61 Å². The van der Waals surface area contributed by atoms with Crippen LogP contribution in [0.3, 0.4) is 0 Å². The molecule has 5 heteroatoms. The summed E-state index contributed by atoms with van der Waals surface area (Å²) in [5.74, 6) is -0.779. The second-order valence-corrected chi connectivity index (χ2v) is 15.6. The van der Waals surface area contributed by atoms with Crippen LogP contribution in [-0.2, 0) is 4.79 Å². The van der Waals surface area contributed by atoms with Gasteiger partial charge in [-0.3, -0.25) is 4.79 Å². The van der Waals surface area contributed by atoms with Gasteiger partial charge in [-0.25, -0.2) is 0 Å². The molecule has 0 amide bonds. The van der Waals surface area contributed by atoms with Crippen molar-refractivity contribution in [2.24, 2.45) is 21.7 Å². The maximum absolute atomic E-state index is 11.7. The number of hydrogen-bond donors (Lipinski definition) is 4. The lowest BCUT2D eigenvalue weighted by Gasteiger charge is -2.34. The first-order chi connectivity index (χ1) is 19.9. The van der Waals surface area contributed by atoms with E-state index in [4.69, 9.17) is 0 Å². The smallest absolute Gasteiger partial charge is 0.309 e. The second kappa shape index (κ2) is 13.7. The minimum atomic E-state index is -0.779. The minimum Gasteiger partial charge on any atom is -0.481 e. The van der Waals surface area contributed by atoms with Gasteiger partial charge in [0.15, 0.2) is 0 Å². The van der Waals surface area contributed by atoms with Crippen LogP contribution in [-0.4, -0.2) is 45.2 Å².